The molecular weight excluding hydrogens is 634 g/mol. The molecule has 2 aromatic heterocycles. The zero-order valence-corrected chi connectivity index (χ0v) is 29.9. The van der Waals surface area contributed by atoms with E-state index in [9.17, 15) is 14.7 Å². The summed E-state index contributed by atoms with van der Waals surface area (Å²) in [6, 6.07) is 8.07. The third-order valence-electron chi connectivity index (χ3n) is 9.62. The Morgan fingerprint density at radius 2 is 1.74 bits per heavy atom. The molecule has 1 aromatic carbocycles. The number of nitrogens with one attached hydrogen (secondary N) is 5. The maximum atomic E-state index is 12.8. The molecule has 1 amide bonds. The molecule has 1 aliphatic heterocycles. The van der Waals surface area contributed by atoms with Crippen LogP contribution in [0.2, 0.25) is 0 Å². The smallest absolute Gasteiger partial charge is 0.320 e. The average Bonchev–Trinajstić information content (AvgIpc) is 3.58. The highest BCUT2D eigenvalue weighted by atomic mass is 16.4. The lowest BCUT2D eigenvalue weighted by Crippen LogP contribution is -2.48. The molecule has 2 aliphatic rings. The number of hydrogen-bond donors (Lipinski definition) is 6. The molecule has 2 fully saturated rings. The Morgan fingerprint density at radius 1 is 0.960 bits per heavy atom. The van der Waals surface area contributed by atoms with Gasteiger partial charge in [0.1, 0.15) is 17.6 Å². The minimum absolute atomic E-state index is 0.0245. The second kappa shape index (κ2) is 19.5. The number of carbonyl (C=O) groups is 2. The van der Waals surface area contributed by atoms with Gasteiger partial charge < -0.3 is 31.3 Å². The van der Waals surface area contributed by atoms with E-state index < -0.39 is 12.0 Å². The molecule has 0 bridgehead atoms. The Labute approximate surface area is 296 Å². The van der Waals surface area contributed by atoms with E-state index in [0.717, 1.165) is 80.3 Å². The number of piperidine rings is 1. The van der Waals surface area contributed by atoms with E-state index in [0.29, 0.717) is 32.0 Å². The third kappa shape index (κ3) is 11.9. The molecule has 0 spiro atoms. The van der Waals surface area contributed by atoms with Crippen molar-refractivity contribution >= 4 is 34.5 Å². The Balaban J connectivity index is 1.03. The molecule has 5 rings (SSSR count). The van der Waals surface area contributed by atoms with Crippen molar-refractivity contribution in [3.63, 3.8) is 0 Å². The molecule has 6 N–H and O–H groups in total. The highest BCUT2D eigenvalue weighted by Crippen LogP contribution is 2.25. The largest absolute Gasteiger partial charge is 0.480 e. The number of carboxylic acid groups (broad SMARTS) is 1. The molecule has 0 radical (unpaired) electrons. The van der Waals surface area contributed by atoms with Crippen molar-refractivity contribution in [3.05, 3.63) is 36.2 Å². The van der Waals surface area contributed by atoms with Crippen LogP contribution in [-0.2, 0) is 22.7 Å². The molecule has 1 saturated heterocycles. The number of carbonyl (C=O) groups excluding carboxylic acids is 1. The highest BCUT2D eigenvalue weighted by molar-refractivity contribution is 5.90. The number of para-hydroxylation sites is 1. The summed E-state index contributed by atoms with van der Waals surface area (Å²) >= 11 is 0. The normalized spacial score (nSPS) is 16.6. The topological polar surface area (TPSA) is 174 Å². The molecule has 50 heavy (non-hydrogen) atoms. The zero-order valence-electron chi connectivity index (χ0n) is 29.9. The van der Waals surface area contributed by atoms with Gasteiger partial charge in [0.2, 0.25) is 11.9 Å². The van der Waals surface area contributed by atoms with Gasteiger partial charge >= 0.3 is 5.97 Å². The van der Waals surface area contributed by atoms with Gasteiger partial charge in [0.05, 0.1) is 24.8 Å². The van der Waals surface area contributed by atoms with Crippen LogP contribution in [0, 0.1) is 5.92 Å². The van der Waals surface area contributed by atoms with Crippen LogP contribution in [0.25, 0.3) is 10.9 Å². The van der Waals surface area contributed by atoms with E-state index in [1.807, 2.05) is 53.9 Å². The fourth-order valence-corrected chi connectivity index (χ4v) is 6.81. The van der Waals surface area contributed by atoms with Crippen molar-refractivity contribution in [3.8, 4) is 0 Å². The fourth-order valence-electron chi connectivity index (χ4n) is 6.81. The Hall–Kier alpha value is -3.88. The molecule has 274 valence electrons. The summed E-state index contributed by atoms with van der Waals surface area (Å²) in [4.78, 5) is 35.8. The number of nitrogens with zero attached hydrogens (tertiary/aromatic N) is 6. The zero-order chi connectivity index (χ0) is 35.1. The number of aryl methyl sites for hydroxylation is 1. The molecule has 1 aliphatic carbocycles. The number of amides is 1. The molecule has 1 atom stereocenters. The number of anilines is 2. The SMILES string of the molecule is CC(C)CC(NCC(=O)N1CCC(Nc2nc(NCc3cn(CCCNCCCNC4CCCCC4)nn3)nc3ccccc23)CC1)C(=O)O. The first kappa shape index (κ1) is 37.4. The van der Waals surface area contributed by atoms with Crippen LogP contribution in [-0.4, -0.2) is 104 Å². The van der Waals surface area contributed by atoms with Gasteiger partial charge in [-0.25, -0.2) is 4.98 Å². The molecule has 3 aromatic rings. The lowest BCUT2D eigenvalue weighted by Gasteiger charge is -2.33. The van der Waals surface area contributed by atoms with Crippen molar-refractivity contribution in [2.45, 2.75) is 109 Å². The van der Waals surface area contributed by atoms with Crippen LogP contribution >= 0.6 is 0 Å². The summed E-state index contributed by atoms with van der Waals surface area (Å²) in [6.45, 7) is 9.50. The number of aromatic nitrogens is 5. The van der Waals surface area contributed by atoms with Crippen molar-refractivity contribution in [1.29, 1.82) is 0 Å². The molecule has 3 heterocycles. The van der Waals surface area contributed by atoms with Gasteiger partial charge in [0.15, 0.2) is 0 Å². The first-order valence-corrected chi connectivity index (χ1v) is 18.7. The average molecular weight is 692 g/mol. The van der Waals surface area contributed by atoms with E-state index in [1.165, 1.54) is 32.1 Å². The molecule has 14 nitrogen and oxygen atoms in total. The lowest BCUT2D eigenvalue weighted by atomic mass is 9.95. The quantitative estimate of drug-likeness (QED) is 0.0952. The summed E-state index contributed by atoms with van der Waals surface area (Å²) in [5.41, 5.74) is 1.66. The lowest BCUT2D eigenvalue weighted by molar-refractivity contribution is -0.140. The van der Waals surface area contributed by atoms with Crippen LogP contribution in [0.15, 0.2) is 30.5 Å². The van der Waals surface area contributed by atoms with Crippen LogP contribution in [0.3, 0.4) is 0 Å². The first-order chi connectivity index (χ1) is 24.3. The Morgan fingerprint density at radius 3 is 2.52 bits per heavy atom. The maximum absolute atomic E-state index is 12.8. The summed E-state index contributed by atoms with van der Waals surface area (Å²) in [5.74, 6) is 0.493. The highest BCUT2D eigenvalue weighted by Gasteiger charge is 2.26. The van der Waals surface area contributed by atoms with E-state index in [1.54, 1.807) is 0 Å². The monoisotopic (exact) mass is 691 g/mol. The number of aliphatic carboxylic acids is 1. The second-order valence-corrected chi connectivity index (χ2v) is 14.2. The predicted octanol–water partition coefficient (Wildman–Crippen LogP) is 3.62. The van der Waals surface area contributed by atoms with Gasteiger partial charge in [0.25, 0.3) is 0 Å². The van der Waals surface area contributed by atoms with Gasteiger partial charge in [-0.05, 0) is 82.6 Å². The van der Waals surface area contributed by atoms with Crippen molar-refractivity contribution < 1.29 is 14.7 Å². The van der Waals surface area contributed by atoms with Crippen molar-refractivity contribution in [1.82, 2.24) is 45.8 Å². The van der Waals surface area contributed by atoms with Crippen LogP contribution in [0.1, 0.15) is 83.7 Å². The van der Waals surface area contributed by atoms with Crippen LogP contribution < -0.4 is 26.6 Å². The van der Waals surface area contributed by atoms with Crippen molar-refractivity contribution in [2.75, 3.05) is 49.9 Å². The van der Waals surface area contributed by atoms with Gasteiger partial charge in [-0.2, -0.15) is 4.98 Å². The summed E-state index contributed by atoms with van der Waals surface area (Å²) in [6.07, 6.45) is 12.9. The van der Waals surface area contributed by atoms with Gasteiger partial charge in [0, 0.05) is 37.1 Å². The van der Waals surface area contributed by atoms with E-state index in [2.05, 4.69) is 36.9 Å². The standard InChI is InChI=1S/C36H57N11O3/c1-26(2)22-32(35(49)50)39-24-33(48)46-20-14-28(15-21-46)41-34-30-12-6-7-13-31(30)42-36(43-34)40-23-29-25-47(45-44-29)19-9-17-37-16-8-18-38-27-10-4-3-5-11-27/h6-7,12-13,25-28,32,37-39H,3-5,8-11,14-24H2,1-2H3,(H,49,50)(H2,40,41,42,43). The van der Waals surface area contributed by atoms with E-state index >= 15 is 0 Å². The molecule has 1 saturated carbocycles. The summed E-state index contributed by atoms with van der Waals surface area (Å²) < 4.78 is 1.89. The second-order valence-electron chi connectivity index (χ2n) is 14.2. The fraction of sp³-hybridized carbons (Fsp3) is 0.667. The van der Waals surface area contributed by atoms with Gasteiger partial charge in [-0.1, -0.05) is 50.5 Å². The minimum atomic E-state index is -0.922. The Bertz CT molecular complexity index is 1480. The number of rotatable bonds is 20. The van der Waals surface area contributed by atoms with Gasteiger partial charge in [-0.15, -0.1) is 5.10 Å². The minimum Gasteiger partial charge on any atom is -0.480 e. The number of benzene rings is 1. The summed E-state index contributed by atoms with van der Waals surface area (Å²) in [5, 5.41) is 36.2. The molecular formula is C36H57N11O3. The summed E-state index contributed by atoms with van der Waals surface area (Å²) in [7, 11) is 0. The predicted molar refractivity (Wildman–Crippen MR) is 196 cm³/mol. The van der Waals surface area contributed by atoms with Gasteiger partial charge in [-0.3, -0.25) is 19.6 Å². The number of hydrogen-bond acceptors (Lipinski definition) is 11. The molecule has 14 heteroatoms. The first-order valence-electron chi connectivity index (χ1n) is 18.7. The van der Waals surface area contributed by atoms with E-state index in [4.69, 9.17) is 9.97 Å². The van der Waals surface area contributed by atoms with Crippen LogP contribution in [0.4, 0.5) is 11.8 Å². The Kier molecular flexibility index (Phi) is 14.6. The van der Waals surface area contributed by atoms with Crippen molar-refractivity contribution in [2.24, 2.45) is 5.92 Å². The number of fused-ring (bicyclic) bond motifs is 1. The molecule has 1 unspecified atom stereocenters. The third-order valence-corrected chi connectivity index (χ3v) is 9.62. The van der Waals surface area contributed by atoms with Crippen LogP contribution in [0.5, 0.6) is 0 Å². The van der Waals surface area contributed by atoms with E-state index in [-0.39, 0.29) is 24.4 Å². The maximum Gasteiger partial charge on any atom is 0.320 e. The number of carboxylic acids is 1. The number of likely N-dealkylation sites (tertiary alicyclic amines) is 1.